The van der Waals surface area contributed by atoms with Crippen molar-refractivity contribution in [3.63, 3.8) is 0 Å². The van der Waals surface area contributed by atoms with Crippen LogP contribution in [0.1, 0.15) is 30.1 Å². The molecule has 1 aromatic carbocycles. The fourth-order valence-corrected chi connectivity index (χ4v) is 3.50. The summed E-state index contributed by atoms with van der Waals surface area (Å²) < 4.78 is 5.39. The van der Waals surface area contributed by atoms with Gasteiger partial charge in [0.25, 0.3) is 0 Å². The van der Waals surface area contributed by atoms with Crippen LogP contribution in [-0.2, 0) is 12.2 Å². The highest BCUT2D eigenvalue weighted by molar-refractivity contribution is 7.98. The maximum atomic E-state index is 5.39. The third kappa shape index (κ3) is 4.08. The lowest BCUT2D eigenvalue weighted by Gasteiger charge is -2.20. The quantitative estimate of drug-likeness (QED) is 0.860. The van der Waals surface area contributed by atoms with Crippen LogP contribution in [0.15, 0.2) is 33.7 Å². The number of aryl methyl sites for hydroxylation is 1. The van der Waals surface area contributed by atoms with E-state index in [0.717, 1.165) is 37.0 Å². The summed E-state index contributed by atoms with van der Waals surface area (Å²) >= 11 is 1.76. The number of nitrogens with zero attached hydrogens (tertiary/aromatic N) is 2. The van der Waals surface area contributed by atoms with E-state index in [1.165, 1.54) is 23.3 Å². The topological polar surface area (TPSA) is 51.0 Å². The smallest absolute Gasteiger partial charge is 0.226 e. The first-order valence-corrected chi connectivity index (χ1v) is 8.50. The molecular weight excluding hydrogens is 282 g/mol. The Morgan fingerprint density at radius 2 is 2.10 bits per heavy atom. The Morgan fingerprint density at radius 3 is 2.90 bits per heavy atom. The highest BCUT2D eigenvalue weighted by atomic mass is 32.2. The van der Waals surface area contributed by atoms with Gasteiger partial charge in [-0.3, -0.25) is 0 Å². The van der Waals surface area contributed by atoms with Gasteiger partial charge in [0.05, 0.1) is 5.75 Å². The molecule has 1 aliphatic heterocycles. The monoisotopic (exact) mass is 303 g/mol. The van der Waals surface area contributed by atoms with Gasteiger partial charge in [-0.2, -0.15) is 4.98 Å². The molecule has 1 fully saturated rings. The van der Waals surface area contributed by atoms with Crippen molar-refractivity contribution in [2.75, 3.05) is 13.1 Å². The second kappa shape index (κ2) is 7.09. The van der Waals surface area contributed by atoms with Gasteiger partial charge in [0.2, 0.25) is 5.89 Å². The summed E-state index contributed by atoms with van der Waals surface area (Å²) in [4.78, 5) is 5.81. The Labute approximate surface area is 129 Å². The number of piperidine rings is 1. The number of thioether (sulfide) groups is 1. The number of aromatic nitrogens is 2. The SMILES string of the molecule is Cc1ccccc1SCc1noc(CC2CCNCC2)n1. The minimum absolute atomic E-state index is 0.684. The van der Waals surface area contributed by atoms with Crippen LogP contribution in [-0.4, -0.2) is 23.2 Å². The molecule has 2 aromatic rings. The summed E-state index contributed by atoms with van der Waals surface area (Å²) in [5, 5.41) is 7.48. The molecule has 21 heavy (non-hydrogen) atoms. The lowest BCUT2D eigenvalue weighted by atomic mass is 9.95. The summed E-state index contributed by atoms with van der Waals surface area (Å²) in [6, 6.07) is 8.39. The molecule has 1 aliphatic rings. The van der Waals surface area contributed by atoms with Crippen molar-refractivity contribution in [1.82, 2.24) is 15.5 Å². The fraction of sp³-hybridized carbons (Fsp3) is 0.500. The molecule has 4 nitrogen and oxygen atoms in total. The van der Waals surface area contributed by atoms with E-state index in [9.17, 15) is 0 Å². The Hall–Kier alpha value is -1.33. The largest absolute Gasteiger partial charge is 0.339 e. The number of benzene rings is 1. The van der Waals surface area contributed by atoms with Gasteiger partial charge in [0, 0.05) is 11.3 Å². The summed E-state index contributed by atoms with van der Waals surface area (Å²) in [5.41, 5.74) is 1.29. The van der Waals surface area contributed by atoms with Gasteiger partial charge in [-0.25, -0.2) is 0 Å². The Bertz CT molecular complexity index is 578. The second-order valence-corrected chi connectivity index (χ2v) is 6.57. The molecule has 5 heteroatoms. The van der Waals surface area contributed by atoms with Crippen molar-refractivity contribution in [2.45, 2.75) is 36.8 Å². The Morgan fingerprint density at radius 1 is 1.29 bits per heavy atom. The standard InChI is InChI=1S/C16H21N3OS/c1-12-4-2-3-5-14(12)21-11-15-18-16(20-19-15)10-13-6-8-17-9-7-13/h2-5,13,17H,6-11H2,1H3. The summed E-state index contributed by atoms with van der Waals surface area (Å²) in [6.07, 6.45) is 3.33. The van der Waals surface area contributed by atoms with Gasteiger partial charge >= 0.3 is 0 Å². The third-order valence-corrected chi connectivity index (χ3v) is 5.05. The van der Waals surface area contributed by atoms with E-state index in [1.807, 2.05) is 0 Å². The first kappa shape index (κ1) is 14.6. The molecule has 0 spiro atoms. The van der Waals surface area contributed by atoms with Crippen LogP contribution in [0.3, 0.4) is 0 Å². The van der Waals surface area contributed by atoms with E-state index >= 15 is 0 Å². The minimum atomic E-state index is 0.684. The van der Waals surface area contributed by atoms with Crippen LogP contribution >= 0.6 is 11.8 Å². The minimum Gasteiger partial charge on any atom is -0.339 e. The van der Waals surface area contributed by atoms with Crippen LogP contribution in [0.25, 0.3) is 0 Å². The predicted octanol–water partition coefficient (Wildman–Crippen LogP) is 3.21. The molecular formula is C16H21N3OS. The van der Waals surface area contributed by atoms with Crippen LogP contribution < -0.4 is 5.32 Å². The lowest BCUT2D eigenvalue weighted by molar-refractivity contribution is 0.312. The normalized spacial score (nSPS) is 16.2. The average Bonchev–Trinajstić information content (AvgIpc) is 2.95. The zero-order chi connectivity index (χ0) is 14.5. The molecule has 2 heterocycles. The summed E-state index contributed by atoms with van der Waals surface area (Å²) in [6.45, 7) is 4.34. The van der Waals surface area contributed by atoms with Crippen LogP contribution in [0.5, 0.6) is 0 Å². The van der Waals surface area contributed by atoms with E-state index < -0.39 is 0 Å². The van der Waals surface area contributed by atoms with Crippen LogP contribution in [0.2, 0.25) is 0 Å². The van der Waals surface area contributed by atoms with Gasteiger partial charge in [0.15, 0.2) is 5.82 Å². The Kier molecular flexibility index (Phi) is 4.93. The van der Waals surface area contributed by atoms with Crippen molar-refractivity contribution in [3.05, 3.63) is 41.5 Å². The molecule has 0 saturated carbocycles. The molecule has 0 amide bonds. The zero-order valence-electron chi connectivity index (χ0n) is 12.3. The molecule has 0 radical (unpaired) electrons. The first-order valence-electron chi connectivity index (χ1n) is 7.52. The number of nitrogens with one attached hydrogen (secondary N) is 1. The van der Waals surface area contributed by atoms with Crippen molar-refractivity contribution in [1.29, 1.82) is 0 Å². The molecule has 112 valence electrons. The average molecular weight is 303 g/mol. The second-order valence-electron chi connectivity index (χ2n) is 5.56. The molecule has 0 unspecified atom stereocenters. The van der Waals surface area contributed by atoms with Crippen molar-refractivity contribution in [2.24, 2.45) is 5.92 Å². The van der Waals surface area contributed by atoms with Gasteiger partial charge in [-0.15, -0.1) is 11.8 Å². The molecule has 1 saturated heterocycles. The maximum Gasteiger partial charge on any atom is 0.226 e. The summed E-state index contributed by atoms with van der Waals surface area (Å²) in [5.74, 6) is 3.04. The number of hydrogen-bond acceptors (Lipinski definition) is 5. The van der Waals surface area contributed by atoms with Gasteiger partial charge in [-0.05, 0) is 50.4 Å². The van der Waals surface area contributed by atoms with E-state index in [-0.39, 0.29) is 0 Å². The molecule has 0 bridgehead atoms. The Balaban J connectivity index is 1.54. The zero-order valence-corrected chi connectivity index (χ0v) is 13.2. The maximum absolute atomic E-state index is 5.39. The molecule has 1 N–H and O–H groups in total. The van der Waals surface area contributed by atoms with Crippen molar-refractivity contribution in [3.8, 4) is 0 Å². The van der Waals surface area contributed by atoms with Gasteiger partial charge in [-0.1, -0.05) is 23.4 Å². The summed E-state index contributed by atoms with van der Waals surface area (Å²) in [7, 11) is 0. The molecule has 0 atom stereocenters. The van der Waals surface area contributed by atoms with Crippen molar-refractivity contribution >= 4 is 11.8 Å². The van der Waals surface area contributed by atoms with Crippen LogP contribution in [0, 0.1) is 12.8 Å². The molecule has 3 rings (SSSR count). The molecule has 1 aromatic heterocycles. The predicted molar refractivity (Wildman–Crippen MR) is 84.3 cm³/mol. The van der Waals surface area contributed by atoms with Crippen molar-refractivity contribution < 1.29 is 4.52 Å². The van der Waals surface area contributed by atoms with Crippen LogP contribution in [0.4, 0.5) is 0 Å². The van der Waals surface area contributed by atoms with E-state index in [4.69, 9.17) is 4.52 Å². The number of hydrogen-bond donors (Lipinski definition) is 1. The number of rotatable bonds is 5. The highest BCUT2D eigenvalue weighted by Gasteiger charge is 2.17. The molecule has 0 aliphatic carbocycles. The lowest BCUT2D eigenvalue weighted by Crippen LogP contribution is -2.28. The van der Waals surface area contributed by atoms with E-state index in [2.05, 4.69) is 46.6 Å². The fourth-order valence-electron chi connectivity index (χ4n) is 2.63. The van der Waals surface area contributed by atoms with Gasteiger partial charge in [0.1, 0.15) is 0 Å². The third-order valence-electron chi connectivity index (χ3n) is 3.88. The van der Waals surface area contributed by atoms with E-state index in [1.54, 1.807) is 11.8 Å². The van der Waals surface area contributed by atoms with E-state index in [0.29, 0.717) is 5.92 Å². The first-order chi connectivity index (χ1) is 10.3. The van der Waals surface area contributed by atoms with Gasteiger partial charge < -0.3 is 9.84 Å². The highest BCUT2D eigenvalue weighted by Crippen LogP contribution is 2.25.